The van der Waals surface area contributed by atoms with Crippen molar-refractivity contribution in [3.8, 4) is 0 Å². The van der Waals surface area contributed by atoms with Crippen molar-refractivity contribution in [2.45, 2.75) is 39.2 Å². The molecule has 0 radical (unpaired) electrons. The van der Waals surface area contributed by atoms with Crippen molar-refractivity contribution in [3.63, 3.8) is 0 Å². The number of benzene rings is 1. The third kappa shape index (κ3) is 3.76. The highest BCUT2D eigenvalue weighted by atomic mass is 19.3. The number of aryl methyl sites for hydroxylation is 2. The number of anilines is 2. The molecule has 158 valence electrons. The first-order valence-electron chi connectivity index (χ1n) is 10.1. The van der Waals surface area contributed by atoms with Crippen LogP contribution in [0.25, 0.3) is 10.9 Å². The van der Waals surface area contributed by atoms with Crippen LogP contribution in [-0.2, 0) is 6.54 Å². The topological polar surface area (TPSA) is 50.2 Å². The van der Waals surface area contributed by atoms with Gasteiger partial charge in [-0.1, -0.05) is 0 Å². The predicted octanol–water partition coefficient (Wildman–Crippen LogP) is 5.14. The summed E-state index contributed by atoms with van der Waals surface area (Å²) in [6, 6.07) is 7.63. The number of hydrogen-bond donors (Lipinski definition) is 1. The second-order valence-electron chi connectivity index (χ2n) is 8.50. The maximum Gasteiger partial charge on any atom is 0.253 e. The van der Waals surface area contributed by atoms with Gasteiger partial charge in [0.05, 0.1) is 5.52 Å². The quantitative estimate of drug-likeness (QED) is 0.631. The van der Waals surface area contributed by atoms with E-state index in [1.807, 2.05) is 48.9 Å². The van der Waals surface area contributed by atoms with E-state index in [1.54, 1.807) is 25.2 Å². The fourth-order valence-corrected chi connectivity index (χ4v) is 4.23. The van der Waals surface area contributed by atoms with E-state index in [1.165, 1.54) is 0 Å². The smallest absolute Gasteiger partial charge is 0.253 e. The molecule has 5 nitrogen and oxygen atoms in total. The van der Waals surface area contributed by atoms with E-state index >= 15 is 0 Å². The lowest BCUT2D eigenvalue weighted by molar-refractivity contribution is -0.113. The Morgan fingerprint density at radius 3 is 2.50 bits per heavy atom. The summed E-state index contributed by atoms with van der Waals surface area (Å²) in [6.07, 6.45) is 3.58. The number of carbonyl (C=O) groups is 1. The molecule has 0 saturated heterocycles. The molecular weight excluding hydrogens is 386 g/mol. The van der Waals surface area contributed by atoms with Gasteiger partial charge in [-0.15, -0.1) is 0 Å². The van der Waals surface area contributed by atoms with Crippen molar-refractivity contribution in [1.29, 1.82) is 0 Å². The first-order valence-corrected chi connectivity index (χ1v) is 10.1. The van der Waals surface area contributed by atoms with E-state index < -0.39 is 5.92 Å². The molecule has 0 unspecified atom stereocenters. The number of nitrogens with zero attached hydrogens (tertiary/aromatic N) is 3. The average Bonchev–Trinajstić information content (AvgIpc) is 3.06. The zero-order chi connectivity index (χ0) is 21.6. The zero-order valence-corrected chi connectivity index (χ0v) is 17.7. The summed E-state index contributed by atoms with van der Waals surface area (Å²) in [7, 11) is 3.47. The number of carbonyl (C=O) groups excluding carboxylic acids is 1. The van der Waals surface area contributed by atoms with Crippen molar-refractivity contribution in [2.75, 3.05) is 19.4 Å². The summed E-state index contributed by atoms with van der Waals surface area (Å²) in [4.78, 5) is 18.4. The Bertz CT molecular complexity index is 1090. The Kier molecular flexibility index (Phi) is 5.00. The molecule has 1 aromatic carbocycles. The van der Waals surface area contributed by atoms with E-state index in [-0.39, 0.29) is 24.7 Å². The number of rotatable bonds is 5. The maximum atomic E-state index is 13.2. The Morgan fingerprint density at radius 1 is 1.23 bits per heavy atom. The van der Waals surface area contributed by atoms with Gasteiger partial charge in [-0.2, -0.15) is 0 Å². The number of alkyl halides is 2. The third-order valence-corrected chi connectivity index (χ3v) is 5.76. The molecular formula is C23H26F2N4O. The van der Waals surface area contributed by atoms with Gasteiger partial charge >= 0.3 is 0 Å². The number of aromatic nitrogens is 2. The molecule has 30 heavy (non-hydrogen) atoms. The second-order valence-corrected chi connectivity index (χ2v) is 8.50. The van der Waals surface area contributed by atoms with E-state index in [4.69, 9.17) is 0 Å². The van der Waals surface area contributed by atoms with Crippen LogP contribution in [0.15, 0.2) is 36.7 Å². The second kappa shape index (κ2) is 7.38. The average molecular weight is 412 g/mol. The Morgan fingerprint density at radius 2 is 1.90 bits per heavy atom. The molecule has 1 aliphatic rings. The van der Waals surface area contributed by atoms with Gasteiger partial charge in [0.15, 0.2) is 0 Å². The van der Waals surface area contributed by atoms with Crippen molar-refractivity contribution in [3.05, 3.63) is 53.3 Å². The molecule has 1 N–H and O–H groups in total. The SMILES string of the molecule is Cc1cc(C(=O)N(C)C)cc(C)c1Nc1nccc2c1ccn2CC1CC(F)(F)C1. The van der Waals surface area contributed by atoms with Crippen molar-refractivity contribution in [2.24, 2.45) is 5.92 Å². The van der Waals surface area contributed by atoms with Crippen LogP contribution in [-0.4, -0.2) is 40.4 Å². The minimum absolute atomic E-state index is 0.00596. The molecule has 1 fully saturated rings. The van der Waals surface area contributed by atoms with E-state index in [0.717, 1.165) is 27.7 Å². The number of halogens is 2. The van der Waals surface area contributed by atoms with Crippen molar-refractivity contribution < 1.29 is 13.6 Å². The lowest BCUT2D eigenvalue weighted by atomic mass is 9.81. The summed E-state index contributed by atoms with van der Waals surface area (Å²) < 4.78 is 28.4. The van der Waals surface area contributed by atoms with E-state index in [9.17, 15) is 13.6 Å². The van der Waals surface area contributed by atoms with Gasteiger partial charge in [0.1, 0.15) is 5.82 Å². The number of hydrogen-bond acceptors (Lipinski definition) is 3. The van der Waals surface area contributed by atoms with Gasteiger partial charge in [-0.05, 0) is 55.2 Å². The van der Waals surface area contributed by atoms with Crippen LogP contribution < -0.4 is 5.32 Å². The van der Waals surface area contributed by atoms with Crippen LogP contribution in [0.2, 0.25) is 0 Å². The van der Waals surface area contributed by atoms with Gasteiger partial charge < -0.3 is 14.8 Å². The third-order valence-electron chi connectivity index (χ3n) is 5.76. The molecule has 2 aromatic heterocycles. The molecule has 1 amide bonds. The van der Waals surface area contributed by atoms with Crippen LogP contribution in [0.5, 0.6) is 0 Å². The number of amides is 1. The Hall–Kier alpha value is -2.96. The molecule has 1 aliphatic carbocycles. The van der Waals surface area contributed by atoms with Crippen molar-refractivity contribution in [1.82, 2.24) is 14.5 Å². The summed E-state index contributed by atoms with van der Waals surface area (Å²) in [5.74, 6) is -1.82. The Labute approximate surface area is 174 Å². The monoisotopic (exact) mass is 412 g/mol. The van der Waals surface area contributed by atoms with Crippen LogP contribution in [0.1, 0.15) is 34.3 Å². The predicted molar refractivity (Wildman–Crippen MR) is 115 cm³/mol. The molecule has 7 heteroatoms. The normalized spacial score (nSPS) is 15.8. The zero-order valence-electron chi connectivity index (χ0n) is 17.7. The number of fused-ring (bicyclic) bond motifs is 1. The number of nitrogens with one attached hydrogen (secondary N) is 1. The summed E-state index contributed by atoms with van der Waals surface area (Å²) in [5.41, 5.74) is 4.44. The summed E-state index contributed by atoms with van der Waals surface area (Å²) in [5, 5.41) is 4.36. The summed E-state index contributed by atoms with van der Waals surface area (Å²) >= 11 is 0. The maximum absolute atomic E-state index is 13.2. The molecule has 4 rings (SSSR count). The van der Waals surface area contributed by atoms with Gasteiger partial charge in [0.25, 0.3) is 5.91 Å². The highest BCUT2D eigenvalue weighted by Crippen LogP contribution is 2.43. The molecule has 0 spiro atoms. The van der Waals surface area contributed by atoms with Gasteiger partial charge in [-0.25, -0.2) is 13.8 Å². The lowest BCUT2D eigenvalue weighted by Gasteiger charge is -2.35. The molecule has 0 atom stereocenters. The van der Waals surface area contributed by atoms with Gasteiger partial charge in [-0.3, -0.25) is 4.79 Å². The Balaban J connectivity index is 1.61. The fourth-order valence-electron chi connectivity index (χ4n) is 4.23. The minimum Gasteiger partial charge on any atom is -0.347 e. The van der Waals surface area contributed by atoms with Crippen LogP contribution in [0.4, 0.5) is 20.3 Å². The molecule has 3 aromatic rings. The molecule has 0 aliphatic heterocycles. The molecule has 0 bridgehead atoms. The molecule has 2 heterocycles. The van der Waals surface area contributed by atoms with E-state index in [2.05, 4.69) is 10.3 Å². The first kappa shape index (κ1) is 20.3. The number of pyridine rings is 1. The summed E-state index contributed by atoms with van der Waals surface area (Å²) in [6.45, 7) is 4.51. The fraction of sp³-hybridized carbons (Fsp3) is 0.391. The molecule has 1 saturated carbocycles. The van der Waals surface area contributed by atoms with Crippen molar-refractivity contribution >= 4 is 28.3 Å². The minimum atomic E-state index is -2.50. The first-order chi connectivity index (χ1) is 14.1. The van der Waals surface area contributed by atoms with Gasteiger partial charge in [0, 0.05) is 62.5 Å². The van der Waals surface area contributed by atoms with Gasteiger partial charge in [0.2, 0.25) is 5.92 Å². The van der Waals surface area contributed by atoms with Crippen LogP contribution >= 0.6 is 0 Å². The highest BCUT2D eigenvalue weighted by molar-refractivity contribution is 5.96. The lowest BCUT2D eigenvalue weighted by Crippen LogP contribution is -2.37. The standard InChI is InChI=1S/C23H26F2N4O/c1-14-9-17(22(30)28(3)4)10-15(2)20(14)27-21-18-6-8-29(19(18)5-7-26-21)13-16-11-23(24,25)12-16/h5-10,16H,11-13H2,1-4H3,(H,26,27). The van der Waals surface area contributed by atoms with Crippen LogP contribution in [0, 0.1) is 19.8 Å². The largest absolute Gasteiger partial charge is 0.347 e. The van der Waals surface area contributed by atoms with E-state index in [0.29, 0.717) is 17.9 Å². The van der Waals surface area contributed by atoms with Crippen LogP contribution in [0.3, 0.4) is 0 Å². The highest BCUT2D eigenvalue weighted by Gasteiger charge is 2.45.